The lowest BCUT2D eigenvalue weighted by atomic mass is 10.2. The largest absolute Gasteiger partial charge is 0.308 e. The Morgan fingerprint density at radius 2 is 2.40 bits per heavy atom. The highest BCUT2D eigenvalue weighted by atomic mass is 32.1. The van der Waals surface area contributed by atoms with Crippen LogP contribution in [0.2, 0.25) is 0 Å². The van der Waals surface area contributed by atoms with Crippen molar-refractivity contribution in [1.29, 1.82) is 0 Å². The normalized spacial score (nSPS) is 21.3. The summed E-state index contributed by atoms with van der Waals surface area (Å²) in [6.45, 7) is 1.06. The number of hydrogen-bond acceptors (Lipinski definition) is 3. The molecule has 0 radical (unpaired) electrons. The average Bonchev–Trinajstić information content (AvgIpc) is 2.84. The van der Waals surface area contributed by atoms with Gasteiger partial charge in [-0.3, -0.25) is 0 Å². The maximum absolute atomic E-state index is 13.0. The van der Waals surface area contributed by atoms with Gasteiger partial charge in [0.25, 0.3) is 0 Å². The maximum atomic E-state index is 13.0. The van der Waals surface area contributed by atoms with Crippen LogP contribution in [0.4, 0.5) is 4.39 Å². The molecule has 1 atom stereocenters. The Balaban J connectivity index is 2.05. The van der Waals surface area contributed by atoms with Crippen molar-refractivity contribution in [1.82, 2.24) is 10.3 Å². The molecule has 1 unspecified atom stereocenters. The van der Waals surface area contributed by atoms with E-state index in [9.17, 15) is 4.39 Å². The SMILES string of the molecule is Fc1ccc2sc(C3CCCN3)nc2c1. The van der Waals surface area contributed by atoms with Gasteiger partial charge in [0.1, 0.15) is 10.8 Å². The molecule has 0 bridgehead atoms. The van der Waals surface area contributed by atoms with Crippen LogP contribution in [0.3, 0.4) is 0 Å². The molecule has 1 aromatic heterocycles. The van der Waals surface area contributed by atoms with Gasteiger partial charge in [0, 0.05) is 6.07 Å². The van der Waals surface area contributed by atoms with Crippen molar-refractivity contribution < 1.29 is 4.39 Å². The minimum atomic E-state index is -0.210. The molecular weight excluding hydrogens is 211 g/mol. The maximum Gasteiger partial charge on any atom is 0.125 e. The van der Waals surface area contributed by atoms with Crippen LogP contribution in [-0.4, -0.2) is 11.5 Å². The smallest absolute Gasteiger partial charge is 0.125 e. The number of hydrogen-bond donors (Lipinski definition) is 1. The lowest BCUT2D eigenvalue weighted by Crippen LogP contribution is -2.12. The van der Waals surface area contributed by atoms with E-state index in [1.165, 1.54) is 18.6 Å². The monoisotopic (exact) mass is 222 g/mol. The molecule has 1 aliphatic rings. The molecule has 1 aliphatic heterocycles. The number of aromatic nitrogens is 1. The molecule has 3 rings (SSSR count). The second-order valence-electron chi connectivity index (χ2n) is 3.81. The van der Waals surface area contributed by atoms with Crippen LogP contribution < -0.4 is 5.32 Å². The highest BCUT2D eigenvalue weighted by Crippen LogP contribution is 2.30. The molecule has 2 nitrogen and oxygen atoms in total. The molecule has 1 saturated heterocycles. The highest BCUT2D eigenvalue weighted by Gasteiger charge is 2.19. The molecule has 78 valence electrons. The molecular formula is C11H11FN2S. The van der Waals surface area contributed by atoms with Crippen molar-refractivity contribution >= 4 is 21.6 Å². The van der Waals surface area contributed by atoms with Gasteiger partial charge < -0.3 is 5.32 Å². The van der Waals surface area contributed by atoms with Gasteiger partial charge in [-0.05, 0) is 31.5 Å². The summed E-state index contributed by atoms with van der Waals surface area (Å²) in [4.78, 5) is 4.47. The summed E-state index contributed by atoms with van der Waals surface area (Å²) >= 11 is 1.66. The zero-order chi connectivity index (χ0) is 10.3. The van der Waals surface area contributed by atoms with Crippen LogP contribution in [0.5, 0.6) is 0 Å². The first-order chi connectivity index (χ1) is 7.33. The van der Waals surface area contributed by atoms with Gasteiger partial charge >= 0.3 is 0 Å². The number of thiazole rings is 1. The van der Waals surface area contributed by atoms with E-state index in [-0.39, 0.29) is 5.82 Å². The Morgan fingerprint density at radius 3 is 3.20 bits per heavy atom. The van der Waals surface area contributed by atoms with E-state index in [0.29, 0.717) is 6.04 Å². The van der Waals surface area contributed by atoms with E-state index in [1.807, 2.05) is 0 Å². The van der Waals surface area contributed by atoms with Crippen molar-refractivity contribution in [3.63, 3.8) is 0 Å². The molecule has 2 heterocycles. The Bertz CT molecular complexity index is 488. The molecule has 15 heavy (non-hydrogen) atoms. The van der Waals surface area contributed by atoms with Gasteiger partial charge in [-0.2, -0.15) is 0 Å². The van der Waals surface area contributed by atoms with Crippen molar-refractivity contribution in [3.8, 4) is 0 Å². The Kier molecular flexibility index (Phi) is 2.18. The number of halogens is 1. The van der Waals surface area contributed by atoms with Crippen LogP contribution in [0.15, 0.2) is 18.2 Å². The van der Waals surface area contributed by atoms with Crippen LogP contribution in [0.25, 0.3) is 10.2 Å². The van der Waals surface area contributed by atoms with Crippen molar-refractivity contribution in [2.45, 2.75) is 18.9 Å². The zero-order valence-electron chi connectivity index (χ0n) is 8.16. The summed E-state index contributed by atoms with van der Waals surface area (Å²) in [5.74, 6) is -0.210. The quantitative estimate of drug-likeness (QED) is 0.802. The summed E-state index contributed by atoms with van der Waals surface area (Å²) in [6, 6.07) is 5.18. The van der Waals surface area contributed by atoms with E-state index < -0.39 is 0 Å². The van der Waals surface area contributed by atoms with Crippen LogP contribution >= 0.6 is 11.3 Å². The van der Waals surface area contributed by atoms with Gasteiger partial charge in [0.15, 0.2) is 0 Å². The van der Waals surface area contributed by atoms with Gasteiger partial charge in [-0.25, -0.2) is 9.37 Å². The second kappa shape index (κ2) is 3.54. The predicted molar refractivity (Wildman–Crippen MR) is 59.6 cm³/mol. The number of nitrogens with one attached hydrogen (secondary N) is 1. The lowest BCUT2D eigenvalue weighted by Gasteiger charge is -2.03. The van der Waals surface area contributed by atoms with E-state index in [2.05, 4.69) is 10.3 Å². The van der Waals surface area contributed by atoms with Gasteiger partial charge in [-0.1, -0.05) is 0 Å². The first-order valence-electron chi connectivity index (χ1n) is 5.12. The minimum absolute atomic E-state index is 0.210. The number of nitrogens with zero attached hydrogens (tertiary/aromatic N) is 1. The van der Waals surface area contributed by atoms with Crippen LogP contribution in [-0.2, 0) is 0 Å². The average molecular weight is 222 g/mol. The van der Waals surface area contributed by atoms with Crippen LogP contribution in [0.1, 0.15) is 23.9 Å². The number of rotatable bonds is 1. The molecule has 1 fully saturated rings. The van der Waals surface area contributed by atoms with E-state index in [0.717, 1.165) is 28.2 Å². The molecule has 0 saturated carbocycles. The van der Waals surface area contributed by atoms with E-state index in [1.54, 1.807) is 17.4 Å². The minimum Gasteiger partial charge on any atom is -0.308 e. The molecule has 1 aromatic carbocycles. The molecule has 4 heteroatoms. The summed E-state index contributed by atoms with van der Waals surface area (Å²) in [5.41, 5.74) is 0.781. The molecule has 2 aromatic rings. The summed E-state index contributed by atoms with van der Waals surface area (Å²) in [7, 11) is 0. The second-order valence-corrected chi connectivity index (χ2v) is 4.88. The highest BCUT2D eigenvalue weighted by molar-refractivity contribution is 7.18. The zero-order valence-corrected chi connectivity index (χ0v) is 8.98. The predicted octanol–water partition coefficient (Wildman–Crippen LogP) is 2.86. The fraction of sp³-hybridized carbons (Fsp3) is 0.364. The van der Waals surface area contributed by atoms with Crippen molar-refractivity contribution in [2.75, 3.05) is 6.54 Å². The summed E-state index contributed by atoms with van der Waals surface area (Å²) < 4.78 is 14.0. The molecule has 0 aliphatic carbocycles. The Morgan fingerprint density at radius 1 is 1.47 bits per heavy atom. The Labute approximate surface area is 91.1 Å². The number of benzene rings is 1. The van der Waals surface area contributed by atoms with E-state index >= 15 is 0 Å². The third kappa shape index (κ3) is 1.64. The summed E-state index contributed by atoms with van der Waals surface area (Å²) in [5, 5.41) is 4.49. The lowest BCUT2D eigenvalue weighted by molar-refractivity contribution is 0.628. The topological polar surface area (TPSA) is 24.9 Å². The molecule has 0 spiro atoms. The molecule has 0 amide bonds. The first kappa shape index (κ1) is 9.24. The van der Waals surface area contributed by atoms with Gasteiger partial charge in [0.2, 0.25) is 0 Å². The van der Waals surface area contributed by atoms with Crippen molar-refractivity contribution in [2.24, 2.45) is 0 Å². The third-order valence-corrected chi connectivity index (χ3v) is 3.87. The van der Waals surface area contributed by atoms with Gasteiger partial charge in [0.05, 0.1) is 16.3 Å². The number of fused-ring (bicyclic) bond motifs is 1. The van der Waals surface area contributed by atoms with Crippen LogP contribution in [0, 0.1) is 5.82 Å². The first-order valence-corrected chi connectivity index (χ1v) is 5.94. The van der Waals surface area contributed by atoms with E-state index in [4.69, 9.17) is 0 Å². The summed E-state index contributed by atoms with van der Waals surface area (Å²) in [6.07, 6.45) is 2.34. The fourth-order valence-corrected chi connectivity index (χ4v) is 3.02. The fourth-order valence-electron chi connectivity index (χ4n) is 1.96. The molecule has 1 N–H and O–H groups in total. The van der Waals surface area contributed by atoms with Crippen molar-refractivity contribution in [3.05, 3.63) is 29.0 Å². The third-order valence-electron chi connectivity index (χ3n) is 2.72. The van der Waals surface area contributed by atoms with Gasteiger partial charge in [-0.15, -0.1) is 11.3 Å². The standard InChI is InChI=1S/C11H11FN2S/c12-7-3-4-10-9(6-7)14-11(15-10)8-2-1-5-13-8/h3-4,6,8,13H,1-2,5H2. The Hall–Kier alpha value is -1.00.